The van der Waals surface area contributed by atoms with Gasteiger partial charge in [0, 0.05) is 17.8 Å². The number of hydrogen-bond donors (Lipinski definition) is 1. The molecule has 3 heteroatoms. The Balaban J connectivity index is 2.46. The molecule has 0 radical (unpaired) electrons. The van der Waals surface area contributed by atoms with E-state index in [1.54, 1.807) is 0 Å². The smallest absolute Gasteiger partial charge is 0.0309 e. The van der Waals surface area contributed by atoms with Gasteiger partial charge in [-0.3, -0.25) is 0 Å². The average molecular weight is 266 g/mol. The Kier molecular flexibility index (Phi) is 6.76. The molecule has 0 amide bonds. The van der Waals surface area contributed by atoms with Gasteiger partial charge in [0.25, 0.3) is 0 Å². The van der Waals surface area contributed by atoms with Crippen molar-refractivity contribution in [2.45, 2.75) is 32.4 Å². The first-order chi connectivity index (χ1) is 8.56. The summed E-state index contributed by atoms with van der Waals surface area (Å²) in [6.45, 7) is 5.46. The molecule has 0 saturated heterocycles. The average Bonchev–Trinajstić information content (AvgIpc) is 2.36. The number of nitrogens with two attached hydrogens (primary N) is 1. The first kappa shape index (κ1) is 15.5. The lowest BCUT2D eigenvalue weighted by molar-refractivity contribution is 0.267. The van der Waals surface area contributed by atoms with Crippen molar-refractivity contribution in [1.29, 1.82) is 0 Å². The van der Waals surface area contributed by atoms with Crippen LogP contribution in [0.2, 0.25) is 0 Å². The molecule has 1 aromatic rings. The van der Waals surface area contributed by atoms with E-state index in [-0.39, 0.29) is 6.04 Å². The van der Waals surface area contributed by atoms with E-state index in [0.29, 0.717) is 6.04 Å². The predicted octanol–water partition coefficient (Wildman–Crippen LogP) is 3.07. The number of benzene rings is 1. The van der Waals surface area contributed by atoms with Crippen molar-refractivity contribution in [2.24, 2.45) is 5.73 Å². The number of thioether (sulfide) groups is 1. The fourth-order valence-corrected chi connectivity index (χ4v) is 2.83. The van der Waals surface area contributed by atoms with Gasteiger partial charge in [0.05, 0.1) is 0 Å². The molecular weight excluding hydrogens is 240 g/mol. The van der Waals surface area contributed by atoms with Crippen LogP contribution < -0.4 is 5.73 Å². The third-order valence-corrected chi connectivity index (χ3v) is 4.36. The van der Waals surface area contributed by atoms with Crippen LogP contribution in [-0.4, -0.2) is 36.5 Å². The molecule has 18 heavy (non-hydrogen) atoms. The van der Waals surface area contributed by atoms with Crippen molar-refractivity contribution in [1.82, 2.24) is 4.90 Å². The lowest BCUT2D eigenvalue weighted by atomic mass is 9.99. The van der Waals surface area contributed by atoms with E-state index in [1.165, 1.54) is 16.9 Å². The first-order valence-electron chi connectivity index (χ1n) is 6.56. The Morgan fingerprint density at radius 2 is 2.00 bits per heavy atom. The molecule has 1 aromatic carbocycles. The fraction of sp³-hybridized carbons (Fsp3) is 0.600. The second kappa shape index (κ2) is 7.82. The van der Waals surface area contributed by atoms with Gasteiger partial charge in [0.15, 0.2) is 0 Å². The number of aryl methyl sites for hydroxylation is 1. The maximum Gasteiger partial charge on any atom is 0.0309 e. The van der Waals surface area contributed by atoms with Gasteiger partial charge in [0.1, 0.15) is 0 Å². The van der Waals surface area contributed by atoms with Crippen molar-refractivity contribution in [3.8, 4) is 0 Å². The standard InChI is InChI=1S/C15H26N2S/c1-12-7-5-6-8-14(12)15(16)9-10-17(3)13(2)11-18-4/h5-8,13,15H,9-11,16H2,1-4H3. The van der Waals surface area contributed by atoms with E-state index in [0.717, 1.165) is 13.0 Å². The maximum atomic E-state index is 6.29. The fourth-order valence-electron chi connectivity index (χ4n) is 2.09. The second-order valence-electron chi connectivity index (χ2n) is 5.04. The third-order valence-electron chi connectivity index (χ3n) is 3.54. The molecule has 0 aliphatic carbocycles. The Bertz CT molecular complexity index is 354. The van der Waals surface area contributed by atoms with Crippen LogP contribution >= 0.6 is 11.8 Å². The Morgan fingerprint density at radius 3 is 2.61 bits per heavy atom. The molecule has 2 unspecified atom stereocenters. The van der Waals surface area contributed by atoms with Crippen LogP contribution in [0.25, 0.3) is 0 Å². The van der Waals surface area contributed by atoms with Crippen LogP contribution in [0, 0.1) is 6.92 Å². The van der Waals surface area contributed by atoms with Gasteiger partial charge in [-0.25, -0.2) is 0 Å². The van der Waals surface area contributed by atoms with E-state index >= 15 is 0 Å². The number of rotatable bonds is 7. The quantitative estimate of drug-likeness (QED) is 0.822. The van der Waals surface area contributed by atoms with Crippen molar-refractivity contribution >= 4 is 11.8 Å². The van der Waals surface area contributed by atoms with Gasteiger partial charge in [0.2, 0.25) is 0 Å². The molecule has 0 aliphatic rings. The summed E-state index contributed by atoms with van der Waals surface area (Å²) in [7, 11) is 2.19. The summed E-state index contributed by atoms with van der Waals surface area (Å²) >= 11 is 1.90. The summed E-state index contributed by atoms with van der Waals surface area (Å²) in [5, 5.41) is 0. The third kappa shape index (κ3) is 4.63. The zero-order chi connectivity index (χ0) is 13.5. The van der Waals surface area contributed by atoms with Gasteiger partial charge in [-0.15, -0.1) is 0 Å². The lowest BCUT2D eigenvalue weighted by Crippen LogP contribution is -2.33. The minimum Gasteiger partial charge on any atom is -0.324 e. The monoisotopic (exact) mass is 266 g/mol. The minimum absolute atomic E-state index is 0.148. The molecule has 0 fully saturated rings. The van der Waals surface area contributed by atoms with Gasteiger partial charge in [-0.1, -0.05) is 24.3 Å². The molecule has 0 saturated carbocycles. The molecule has 102 valence electrons. The molecule has 0 heterocycles. The van der Waals surface area contributed by atoms with Gasteiger partial charge in [-0.2, -0.15) is 11.8 Å². The van der Waals surface area contributed by atoms with Gasteiger partial charge < -0.3 is 10.6 Å². The highest BCUT2D eigenvalue weighted by Crippen LogP contribution is 2.18. The minimum atomic E-state index is 0.148. The zero-order valence-corrected chi connectivity index (χ0v) is 12.8. The number of nitrogens with zero attached hydrogens (tertiary/aromatic N) is 1. The molecule has 2 nitrogen and oxygen atoms in total. The summed E-state index contributed by atoms with van der Waals surface area (Å²) in [6.07, 6.45) is 3.17. The van der Waals surface area contributed by atoms with Crippen LogP contribution in [0.3, 0.4) is 0 Å². The van der Waals surface area contributed by atoms with Crippen molar-refractivity contribution in [3.05, 3.63) is 35.4 Å². The molecule has 0 bridgehead atoms. The van der Waals surface area contributed by atoms with E-state index < -0.39 is 0 Å². The van der Waals surface area contributed by atoms with Crippen LogP contribution in [0.15, 0.2) is 24.3 Å². The highest BCUT2D eigenvalue weighted by atomic mass is 32.2. The SMILES string of the molecule is CSCC(C)N(C)CCC(N)c1ccccc1C. The van der Waals surface area contributed by atoms with E-state index in [1.807, 2.05) is 11.8 Å². The van der Waals surface area contributed by atoms with E-state index in [4.69, 9.17) is 5.73 Å². The number of hydrogen-bond acceptors (Lipinski definition) is 3. The van der Waals surface area contributed by atoms with Gasteiger partial charge in [-0.05, 0) is 51.2 Å². The molecular formula is C15H26N2S. The summed E-state index contributed by atoms with van der Waals surface area (Å²) in [5.74, 6) is 1.18. The van der Waals surface area contributed by atoms with Gasteiger partial charge >= 0.3 is 0 Å². The summed E-state index contributed by atoms with van der Waals surface area (Å²) in [4.78, 5) is 2.40. The second-order valence-corrected chi connectivity index (χ2v) is 5.95. The van der Waals surface area contributed by atoms with Crippen molar-refractivity contribution in [2.75, 3.05) is 25.6 Å². The lowest BCUT2D eigenvalue weighted by Gasteiger charge is -2.25. The maximum absolute atomic E-state index is 6.29. The predicted molar refractivity (Wildman–Crippen MR) is 83.2 cm³/mol. The molecule has 2 N–H and O–H groups in total. The molecule has 2 atom stereocenters. The van der Waals surface area contributed by atoms with Crippen LogP contribution in [-0.2, 0) is 0 Å². The van der Waals surface area contributed by atoms with Crippen molar-refractivity contribution < 1.29 is 0 Å². The first-order valence-corrected chi connectivity index (χ1v) is 7.96. The summed E-state index contributed by atoms with van der Waals surface area (Å²) in [6, 6.07) is 9.18. The van der Waals surface area contributed by atoms with Crippen molar-refractivity contribution in [3.63, 3.8) is 0 Å². The molecule has 0 aliphatic heterocycles. The molecule has 0 spiro atoms. The summed E-state index contributed by atoms with van der Waals surface area (Å²) in [5.41, 5.74) is 8.86. The van der Waals surface area contributed by atoms with Crippen LogP contribution in [0.5, 0.6) is 0 Å². The molecule has 1 rings (SSSR count). The summed E-state index contributed by atoms with van der Waals surface area (Å²) < 4.78 is 0. The Morgan fingerprint density at radius 1 is 1.33 bits per heavy atom. The normalized spacial score (nSPS) is 14.8. The Hall–Kier alpha value is -0.510. The Labute approximate surface area is 116 Å². The highest BCUT2D eigenvalue weighted by molar-refractivity contribution is 7.98. The van der Waals surface area contributed by atoms with E-state index in [2.05, 4.69) is 56.3 Å². The molecule has 0 aromatic heterocycles. The highest BCUT2D eigenvalue weighted by Gasteiger charge is 2.12. The van der Waals surface area contributed by atoms with Crippen LogP contribution in [0.1, 0.15) is 30.5 Å². The van der Waals surface area contributed by atoms with Crippen LogP contribution in [0.4, 0.5) is 0 Å². The largest absolute Gasteiger partial charge is 0.324 e. The van der Waals surface area contributed by atoms with E-state index in [9.17, 15) is 0 Å². The topological polar surface area (TPSA) is 29.3 Å². The zero-order valence-electron chi connectivity index (χ0n) is 12.0.